The molecule has 0 aromatic carbocycles. The number of furan rings is 2. The molecule has 4 nitrogen and oxygen atoms in total. The van der Waals surface area contributed by atoms with Gasteiger partial charge in [0.1, 0.15) is 11.5 Å². The zero-order valence-electron chi connectivity index (χ0n) is 7.84. The maximum atomic E-state index is 11.2. The van der Waals surface area contributed by atoms with Gasteiger partial charge in [0.25, 0.3) is 5.91 Å². The summed E-state index contributed by atoms with van der Waals surface area (Å²) in [5, 5.41) is 0. The van der Waals surface area contributed by atoms with Gasteiger partial charge in [-0.2, -0.15) is 0 Å². The van der Waals surface area contributed by atoms with Crippen molar-refractivity contribution in [1.29, 1.82) is 0 Å². The number of hydrogen-bond acceptors (Lipinski definition) is 3. The van der Waals surface area contributed by atoms with Gasteiger partial charge < -0.3 is 14.6 Å². The third-order valence-electron chi connectivity index (χ3n) is 1.88. The summed E-state index contributed by atoms with van der Waals surface area (Å²) in [6.07, 6.45) is 4.54. The van der Waals surface area contributed by atoms with Crippen molar-refractivity contribution >= 4 is 17.6 Å². The number of carbonyl (C=O) groups is 1. The van der Waals surface area contributed by atoms with Crippen LogP contribution < -0.4 is 5.73 Å². The third kappa shape index (κ3) is 1.99. The van der Waals surface area contributed by atoms with Crippen molar-refractivity contribution in [3.05, 3.63) is 48.3 Å². The van der Waals surface area contributed by atoms with Crippen LogP contribution in [0.1, 0.15) is 11.5 Å². The van der Waals surface area contributed by atoms with Crippen molar-refractivity contribution in [2.45, 2.75) is 0 Å². The molecule has 2 aromatic heterocycles. The second-order valence-corrected chi connectivity index (χ2v) is 2.91. The van der Waals surface area contributed by atoms with E-state index in [1.807, 2.05) is 0 Å². The van der Waals surface area contributed by atoms with E-state index >= 15 is 0 Å². The van der Waals surface area contributed by atoms with E-state index in [-0.39, 0.29) is 5.57 Å². The van der Waals surface area contributed by atoms with Gasteiger partial charge in [0, 0.05) is 0 Å². The normalized spacial score (nSPS) is 11.6. The number of amides is 1. The Bertz CT molecular complexity index is 466. The second kappa shape index (κ2) is 3.88. The molecule has 2 aromatic rings. The van der Waals surface area contributed by atoms with E-state index in [2.05, 4.69) is 0 Å². The van der Waals surface area contributed by atoms with Crippen molar-refractivity contribution in [1.82, 2.24) is 0 Å². The summed E-state index contributed by atoms with van der Waals surface area (Å²) < 4.78 is 10.2. The standard InChI is InChI=1S/C11H9NO3/c12-11(13)9(10-4-2-6-15-10)7-8-3-1-5-14-8/h1-7H,(H2,12,13)/b9-7+. The van der Waals surface area contributed by atoms with E-state index in [1.54, 1.807) is 30.3 Å². The van der Waals surface area contributed by atoms with E-state index in [9.17, 15) is 4.79 Å². The van der Waals surface area contributed by atoms with Gasteiger partial charge in [-0.25, -0.2) is 0 Å². The van der Waals surface area contributed by atoms with Crippen LogP contribution in [0, 0.1) is 0 Å². The van der Waals surface area contributed by atoms with Crippen molar-refractivity contribution < 1.29 is 13.6 Å². The monoisotopic (exact) mass is 203 g/mol. The number of nitrogens with two attached hydrogens (primary N) is 1. The smallest absolute Gasteiger partial charge is 0.252 e. The average Bonchev–Trinajstić information content (AvgIpc) is 2.87. The molecule has 0 atom stereocenters. The molecule has 0 unspecified atom stereocenters. The molecule has 1 amide bonds. The lowest BCUT2D eigenvalue weighted by atomic mass is 10.1. The van der Waals surface area contributed by atoms with Gasteiger partial charge in [-0.05, 0) is 30.3 Å². The predicted octanol–water partition coefficient (Wildman–Crippen LogP) is 1.90. The van der Waals surface area contributed by atoms with Crippen LogP contribution in [0.15, 0.2) is 45.6 Å². The molecule has 0 aliphatic heterocycles. The molecule has 0 bridgehead atoms. The Morgan fingerprint density at radius 1 is 1.20 bits per heavy atom. The summed E-state index contributed by atoms with van der Waals surface area (Å²) in [5.74, 6) is 0.431. The first kappa shape index (κ1) is 9.33. The number of carbonyl (C=O) groups excluding carboxylic acids is 1. The Hall–Kier alpha value is -2.23. The predicted molar refractivity (Wildman–Crippen MR) is 54.5 cm³/mol. The summed E-state index contributed by atoms with van der Waals surface area (Å²) in [6.45, 7) is 0. The topological polar surface area (TPSA) is 69.4 Å². The summed E-state index contributed by atoms with van der Waals surface area (Å²) in [7, 11) is 0. The van der Waals surface area contributed by atoms with Crippen LogP contribution in [-0.4, -0.2) is 5.91 Å². The molecule has 0 radical (unpaired) electrons. The largest absolute Gasteiger partial charge is 0.465 e. The molecule has 76 valence electrons. The molecule has 15 heavy (non-hydrogen) atoms. The minimum atomic E-state index is -0.554. The highest BCUT2D eigenvalue weighted by molar-refractivity contribution is 6.22. The van der Waals surface area contributed by atoms with Gasteiger partial charge in [-0.1, -0.05) is 0 Å². The van der Waals surface area contributed by atoms with E-state index < -0.39 is 5.91 Å². The summed E-state index contributed by atoms with van der Waals surface area (Å²) >= 11 is 0. The van der Waals surface area contributed by atoms with Crippen LogP contribution in [0.2, 0.25) is 0 Å². The Kier molecular flexibility index (Phi) is 2.41. The van der Waals surface area contributed by atoms with Gasteiger partial charge in [0.15, 0.2) is 0 Å². The van der Waals surface area contributed by atoms with Crippen LogP contribution in [0.5, 0.6) is 0 Å². The number of hydrogen-bond donors (Lipinski definition) is 1. The molecule has 0 saturated heterocycles. The van der Waals surface area contributed by atoms with Crippen molar-refractivity contribution in [2.75, 3.05) is 0 Å². The highest BCUT2D eigenvalue weighted by Crippen LogP contribution is 2.18. The molecule has 0 saturated carbocycles. The first-order valence-corrected chi connectivity index (χ1v) is 4.36. The quantitative estimate of drug-likeness (QED) is 0.774. The fourth-order valence-electron chi connectivity index (χ4n) is 1.21. The van der Waals surface area contributed by atoms with E-state index in [4.69, 9.17) is 14.6 Å². The fourth-order valence-corrected chi connectivity index (χ4v) is 1.21. The Morgan fingerprint density at radius 3 is 2.47 bits per heavy atom. The van der Waals surface area contributed by atoms with Crippen LogP contribution in [0.3, 0.4) is 0 Å². The highest BCUT2D eigenvalue weighted by Gasteiger charge is 2.11. The number of rotatable bonds is 3. The second-order valence-electron chi connectivity index (χ2n) is 2.91. The van der Waals surface area contributed by atoms with Gasteiger partial charge in [-0.15, -0.1) is 0 Å². The molecule has 2 N–H and O–H groups in total. The van der Waals surface area contributed by atoms with E-state index in [1.165, 1.54) is 12.5 Å². The van der Waals surface area contributed by atoms with Crippen molar-refractivity contribution in [3.8, 4) is 0 Å². The Labute approximate surface area is 86.0 Å². The van der Waals surface area contributed by atoms with E-state index in [0.717, 1.165) is 0 Å². The van der Waals surface area contributed by atoms with Gasteiger partial charge in [-0.3, -0.25) is 4.79 Å². The van der Waals surface area contributed by atoms with Crippen LogP contribution in [0.4, 0.5) is 0 Å². The lowest BCUT2D eigenvalue weighted by molar-refractivity contribution is -0.112. The minimum Gasteiger partial charge on any atom is -0.465 e. The van der Waals surface area contributed by atoms with Crippen LogP contribution >= 0.6 is 0 Å². The maximum Gasteiger partial charge on any atom is 0.252 e. The molecule has 2 rings (SSSR count). The summed E-state index contributed by atoms with van der Waals surface area (Å²) in [4.78, 5) is 11.2. The van der Waals surface area contributed by atoms with Crippen molar-refractivity contribution in [2.24, 2.45) is 5.73 Å². The third-order valence-corrected chi connectivity index (χ3v) is 1.88. The van der Waals surface area contributed by atoms with Gasteiger partial charge in [0.05, 0.1) is 18.1 Å². The highest BCUT2D eigenvalue weighted by atomic mass is 16.3. The first-order valence-electron chi connectivity index (χ1n) is 4.36. The molecular formula is C11H9NO3. The molecule has 0 fully saturated rings. The lowest BCUT2D eigenvalue weighted by Gasteiger charge is -1.97. The van der Waals surface area contributed by atoms with Crippen molar-refractivity contribution in [3.63, 3.8) is 0 Å². The molecular weight excluding hydrogens is 194 g/mol. The Balaban J connectivity index is 2.41. The first-order chi connectivity index (χ1) is 7.27. The average molecular weight is 203 g/mol. The fraction of sp³-hybridized carbons (Fsp3) is 0. The zero-order valence-corrected chi connectivity index (χ0v) is 7.84. The van der Waals surface area contributed by atoms with Gasteiger partial charge in [0.2, 0.25) is 0 Å². The summed E-state index contributed by atoms with van der Waals surface area (Å²) in [5.41, 5.74) is 5.52. The van der Waals surface area contributed by atoms with Gasteiger partial charge >= 0.3 is 0 Å². The minimum absolute atomic E-state index is 0.287. The lowest BCUT2D eigenvalue weighted by Crippen LogP contribution is -2.12. The molecule has 4 heteroatoms. The molecule has 0 spiro atoms. The zero-order chi connectivity index (χ0) is 10.7. The SMILES string of the molecule is NC(=O)/C(=C/c1ccco1)c1ccco1. The summed E-state index contributed by atoms with van der Waals surface area (Å²) in [6, 6.07) is 6.81. The molecule has 2 heterocycles. The maximum absolute atomic E-state index is 11.2. The van der Waals surface area contributed by atoms with E-state index in [0.29, 0.717) is 11.5 Å². The number of primary amides is 1. The molecule has 0 aliphatic carbocycles. The van der Waals surface area contributed by atoms with Crippen LogP contribution in [0.25, 0.3) is 11.6 Å². The molecule has 0 aliphatic rings. The Morgan fingerprint density at radius 2 is 1.93 bits per heavy atom. The van der Waals surface area contributed by atoms with Crippen LogP contribution in [-0.2, 0) is 4.79 Å².